The van der Waals surface area contributed by atoms with Crippen molar-refractivity contribution in [2.45, 2.75) is 12.8 Å². The normalized spacial score (nSPS) is 11.1. The van der Waals surface area contributed by atoms with Crippen molar-refractivity contribution in [1.82, 2.24) is 5.32 Å². The summed E-state index contributed by atoms with van der Waals surface area (Å²) in [5, 5.41) is 3.92. The first kappa shape index (κ1) is 10.2. The molecule has 15 heavy (non-hydrogen) atoms. The highest BCUT2D eigenvalue weighted by atomic mass is 19.1. The van der Waals surface area contributed by atoms with E-state index in [0.717, 1.165) is 36.1 Å². The quantitative estimate of drug-likeness (QED) is 0.780. The Balaban J connectivity index is 2.16. The van der Waals surface area contributed by atoms with Gasteiger partial charge in [-0.2, -0.15) is 0 Å². The molecule has 0 fully saturated rings. The number of nitrogens with one attached hydrogen (secondary N) is 1. The van der Waals surface area contributed by atoms with Crippen LogP contribution in [0.4, 0.5) is 4.39 Å². The summed E-state index contributed by atoms with van der Waals surface area (Å²) < 4.78 is 18.5. The van der Waals surface area contributed by atoms with Crippen LogP contribution in [0.25, 0.3) is 11.0 Å². The molecule has 0 aliphatic carbocycles. The van der Waals surface area contributed by atoms with Gasteiger partial charge in [-0.15, -0.1) is 0 Å². The molecule has 0 aliphatic heterocycles. The van der Waals surface area contributed by atoms with E-state index < -0.39 is 0 Å². The topological polar surface area (TPSA) is 25.2 Å². The van der Waals surface area contributed by atoms with Crippen LogP contribution in [0.2, 0.25) is 0 Å². The lowest BCUT2D eigenvalue weighted by Crippen LogP contribution is -2.07. The first-order chi connectivity index (χ1) is 7.29. The van der Waals surface area contributed by atoms with E-state index in [1.165, 1.54) is 12.1 Å². The second-order valence-corrected chi connectivity index (χ2v) is 3.60. The summed E-state index contributed by atoms with van der Waals surface area (Å²) in [5.41, 5.74) is 0.760. The molecule has 0 atom stereocenters. The third-order valence-corrected chi connectivity index (χ3v) is 2.38. The number of benzene rings is 1. The van der Waals surface area contributed by atoms with Gasteiger partial charge in [-0.05, 0) is 44.3 Å². The van der Waals surface area contributed by atoms with Crippen molar-refractivity contribution in [2.24, 2.45) is 0 Å². The van der Waals surface area contributed by atoms with E-state index in [2.05, 4.69) is 5.32 Å². The first-order valence-electron chi connectivity index (χ1n) is 5.12. The molecule has 80 valence electrons. The summed E-state index contributed by atoms with van der Waals surface area (Å²) in [4.78, 5) is 0. The van der Waals surface area contributed by atoms with E-state index in [4.69, 9.17) is 4.42 Å². The van der Waals surface area contributed by atoms with Crippen molar-refractivity contribution in [3.8, 4) is 0 Å². The van der Waals surface area contributed by atoms with Gasteiger partial charge in [0.15, 0.2) is 0 Å². The number of hydrogen-bond acceptors (Lipinski definition) is 2. The van der Waals surface area contributed by atoms with Crippen LogP contribution < -0.4 is 5.32 Å². The molecule has 3 heteroatoms. The summed E-state index contributed by atoms with van der Waals surface area (Å²) in [6, 6.07) is 6.50. The van der Waals surface area contributed by atoms with Crippen LogP contribution in [-0.2, 0) is 6.42 Å². The summed E-state index contributed by atoms with van der Waals surface area (Å²) in [7, 11) is 1.92. The maximum atomic E-state index is 12.9. The molecule has 2 aromatic rings. The Morgan fingerprint density at radius 1 is 1.33 bits per heavy atom. The lowest BCUT2D eigenvalue weighted by molar-refractivity contribution is 0.533. The molecule has 0 amide bonds. The van der Waals surface area contributed by atoms with E-state index in [-0.39, 0.29) is 5.82 Å². The number of hydrogen-bond donors (Lipinski definition) is 1. The molecule has 1 heterocycles. The summed E-state index contributed by atoms with van der Waals surface area (Å²) in [6.45, 7) is 0.964. The van der Waals surface area contributed by atoms with Crippen LogP contribution in [-0.4, -0.2) is 13.6 Å². The molecule has 0 radical (unpaired) electrons. The lowest BCUT2D eigenvalue weighted by Gasteiger charge is -1.95. The van der Waals surface area contributed by atoms with E-state index in [1.54, 1.807) is 6.07 Å². The molecule has 0 spiro atoms. The number of rotatable bonds is 4. The van der Waals surface area contributed by atoms with Crippen LogP contribution >= 0.6 is 0 Å². The Bertz CT molecular complexity index is 450. The average Bonchev–Trinajstić information content (AvgIpc) is 2.60. The Morgan fingerprint density at radius 3 is 3.00 bits per heavy atom. The Hall–Kier alpha value is -1.35. The van der Waals surface area contributed by atoms with Crippen LogP contribution in [0.3, 0.4) is 0 Å². The Kier molecular flexibility index (Phi) is 3.02. The van der Waals surface area contributed by atoms with Gasteiger partial charge in [0.05, 0.1) is 0 Å². The zero-order valence-electron chi connectivity index (χ0n) is 8.72. The van der Waals surface area contributed by atoms with Gasteiger partial charge in [0.2, 0.25) is 0 Å². The maximum absolute atomic E-state index is 12.9. The molecular formula is C12H14FNO. The maximum Gasteiger partial charge on any atom is 0.134 e. The Morgan fingerprint density at radius 2 is 2.20 bits per heavy atom. The molecule has 1 N–H and O–H groups in total. The predicted molar refractivity (Wildman–Crippen MR) is 58.4 cm³/mol. The standard InChI is InChI=1S/C12H14FNO/c1-14-6-2-3-11-8-9-7-10(13)4-5-12(9)15-11/h4-5,7-8,14H,2-3,6H2,1H3. The van der Waals surface area contributed by atoms with Crippen molar-refractivity contribution in [3.05, 3.63) is 35.8 Å². The number of fused-ring (bicyclic) bond motifs is 1. The number of aryl methyl sites for hydroxylation is 1. The van der Waals surface area contributed by atoms with Gasteiger partial charge in [0, 0.05) is 11.8 Å². The number of halogens is 1. The number of furan rings is 1. The van der Waals surface area contributed by atoms with Crippen LogP contribution in [0.5, 0.6) is 0 Å². The van der Waals surface area contributed by atoms with Gasteiger partial charge < -0.3 is 9.73 Å². The highest BCUT2D eigenvalue weighted by molar-refractivity contribution is 5.77. The fourth-order valence-corrected chi connectivity index (χ4v) is 1.63. The van der Waals surface area contributed by atoms with E-state index >= 15 is 0 Å². The third kappa shape index (κ3) is 2.36. The molecule has 2 nitrogen and oxygen atoms in total. The second-order valence-electron chi connectivity index (χ2n) is 3.60. The second kappa shape index (κ2) is 4.45. The van der Waals surface area contributed by atoms with Gasteiger partial charge in [0.25, 0.3) is 0 Å². The summed E-state index contributed by atoms with van der Waals surface area (Å²) >= 11 is 0. The molecule has 0 unspecified atom stereocenters. The first-order valence-corrected chi connectivity index (χ1v) is 5.12. The van der Waals surface area contributed by atoms with E-state index in [0.29, 0.717) is 0 Å². The third-order valence-electron chi connectivity index (χ3n) is 2.38. The average molecular weight is 207 g/mol. The zero-order valence-corrected chi connectivity index (χ0v) is 8.72. The predicted octanol–water partition coefficient (Wildman–Crippen LogP) is 2.72. The van der Waals surface area contributed by atoms with Crippen molar-refractivity contribution < 1.29 is 8.81 Å². The summed E-state index contributed by atoms with van der Waals surface area (Å²) in [6.07, 6.45) is 1.91. The minimum absolute atomic E-state index is 0.218. The zero-order chi connectivity index (χ0) is 10.7. The SMILES string of the molecule is CNCCCc1cc2cc(F)ccc2o1. The van der Waals surface area contributed by atoms with Gasteiger partial charge in [0.1, 0.15) is 17.2 Å². The molecule has 2 rings (SSSR count). The highest BCUT2D eigenvalue weighted by Gasteiger charge is 2.03. The molecular weight excluding hydrogens is 193 g/mol. The molecule has 0 bridgehead atoms. The minimum atomic E-state index is -0.218. The monoisotopic (exact) mass is 207 g/mol. The fraction of sp³-hybridized carbons (Fsp3) is 0.333. The molecule has 0 saturated carbocycles. The van der Waals surface area contributed by atoms with Gasteiger partial charge in [-0.3, -0.25) is 0 Å². The summed E-state index contributed by atoms with van der Waals surface area (Å²) in [5.74, 6) is 0.705. The van der Waals surface area contributed by atoms with Crippen LogP contribution in [0.15, 0.2) is 28.7 Å². The Labute approximate surface area is 88.1 Å². The minimum Gasteiger partial charge on any atom is -0.461 e. The lowest BCUT2D eigenvalue weighted by atomic mass is 10.2. The molecule has 0 saturated heterocycles. The van der Waals surface area contributed by atoms with Gasteiger partial charge >= 0.3 is 0 Å². The van der Waals surface area contributed by atoms with Crippen molar-refractivity contribution in [1.29, 1.82) is 0 Å². The fourth-order valence-electron chi connectivity index (χ4n) is 1.63. The van der Waals surface area contributed by atoms with Crippen LogP contribution in [0.1, 0.15) is 12.2 Å². The van der Waals surface area contributed by atoms with Crippen molar-refractivity contribution in [3.63, 3.8) is 0 Å². The largest absolute Gasteiger partial charge is 0.461 e. The molecule has 0 aliphatic rings. The van der Waals surface area contributed by atoms with Crippen molar-refractivity contribution >= 4 is 11.0 Å². The van der Waals surface area contributed by atoms with E-state index in [9.17, 15) is 4.39 Å². The van der Waals surface area contributed by atoms with Crippen molar-refractivity contribution in [2.75, 3.05) is 13.6 Å². The van der Waals surface area contributed by atoms with Gasteiger partial charge in [-0.1, -0.05) is 0 Å². The smallest absolute Gasteiger partial charge is 0.134 e. The van der Waals surface area contributed by atoms with E-state index in [1.807, 2.05) is 13.1 Å². The van der Waals surface area contributed by atoms with Crippen LogP contribution in [0, 0.1) is 5.82 Å². The van der Waals surface area contributed by atoms with Gasteiger partial charge in [-0.25, -0.2) is 4.39 Å². The molecule has 1 aromatic carbocycles. The molecule has 1 aromatic heterocycles. The highest BCUT2D eigenvalue weighted by Crippen LogP contribution is 2.20.